The smallest absolute Gasteiger partial charge is 0.282 e. The van der Waals surface area contributed by atoms with E-state index >= 15 is 0 Å². The minimum absolute atomic E-state index is 0.163. The van der Waals surface area contributed by atoms with Gasteiger partial charge in [0.05, 0.1) is 30.3 Å². The van der Waals surface area contributed by atoms with E-state index in [9.17, 15) is 9.18 Å². The molecule has 0 amide bonds. The molecule has 0 bridgehead atoms. The number of benzene rings is 4. The molecule has 5 rings (SSSR count). The first kappa shape index (κ1) is 33.1. The van der Waals surface area contributed by atoms with Gasteiger partial charge in [-0.1, -0.05) is 44.2 Å². The fourth-order valence-corrected chi connectivity index (χ4v) is 5.47. The first-order valence-corrected chi connectivity index (χ1v) is 15.9. The maximum atomic E-state index is 14.0. The van der Waals surface area contributed by atoms with Crippen molar-refractivity contribution >= 4 is 17.1 Å². The molecule has 0 radical (unpaired) electrons. The summed E-state index contributed by atoms with van der Waals surface area (Å²) in [4.78, 5) is 18.9. The van der Waals surface area contributed by atoms with Crippen LogP contribution in [0.2, 0.25) is 0 Å². The van der Waals surface area contributed by atoms with Crippen molar-refractivity contribution in [1.82, 2.24) is 9.66 Å². The molecule has 0 fully saturated rings. The number of para-hydroxylation sites is 1. The van der Waals surface area contributed by atoms with Gasteiger partial charge in [-0.05, 0) is 104 Å². The highest BCUT2D eigenvalue weighted by Gasteiger charge is 2.19. The number of hydrogen-bond acceptors (Lipinski definition) is 6. The fraction of sp³-hybridized carbons (Fsp3) is 0.256. The number of aryl methyl sites for hydroxylation is 1. The molecule has 242 valence electrons. The zero-order valence-electron chi connectivity index (χ0n) is 27.5. The standard InChI is InChI=1S/C39H40FN3O4/c1-7-13-29-19-28(21-36(46-9-3)37(29)47-24-27-14-12-15-30(40)20-27)23-41-43-38(42-34-17-11-10-16-31(34)39(43)44)33-22-32(25(4)5)35(45-8-2)18-26(33)6/h7,10-12,14-23,25H,1,8-9,13,24H2,2-6H3. The van der Waals surface area contributed by atoms with E-state index in [4.69, 9.17) is 24.3 Å². The minimum atomic E-state index is -0.326. The van der Waals surface area contributed by atoms with E-state index in [-0.39, 0.29) is 23.9 Å². The van der Waals surface area contributed by atoms with Crippen LogP contribution < -0.4 is 19.8 Å². The first-order chi connectivity index (χ1) is 22.7. The van der Waals surface area contributed by atoms with E-state index in [2.05, 4.69) is 20.4 Å². The van der Waals surface area contributed by atoms with Gasteiger partial charge in [0.1, 0.15) is 18.2 Å². The average Bonchev–Trinajstić information content (AvgIpc) is 3.04. The maximum Gasteiger partial charge on any atom is 0.282 e. The SMILES string of the molecule is C=CCc1cc(C=Nn2c(-c3cc(C(C)C)c(OCC)cc3C)nc3ccccc3c2=O)cc(OCC)c1OCc1cccc(F)c1. The van der Waals surface area contributed by atoms with Crippen LogP contribution in [0, 0.1) is 12.7 Å². The maximum absolute atomic E-state index is 14.0. The lowest BCUT2D eigenvalue weighted by molar-refractivity contribution is 0.267. The second kappa shape index (κ2) is 14.9. The minimum Gasteiger partial charge on any atom is -0.494 e. The highest BCUT2D eigenvalue weighted by molar-refractivity contribution is 5.83. The van der Waals surface area contributed by atoms with Crippen molar-refractivity contribution < 1.29 is 18.6 Å². The third-order valence-electron chi connectivity index (χ3n) is 7.69. The van der Waals surface area contributed by atoms with Crippen LogP contribution in [0.1, 0.15) is 61.4 Å². The summed E-state index contributed by atoms with van der Waals surface area (Å²) in [5.74, 6) is 2.16. The van der Waals surface area contributed by atoms with Gasteiger partial charge in [0, 0.05) is 11.1 Å². The molecule has 4 aromatic carbocycles. The van der Waals surface area contributed by atoms with Gasteiger partial charge in [0.25, 0.3) is 5.56 Å². The lowest BCUT2D eigenvalue weighted by Gasteiger charge is -2.18. The Balaban J connectivity index is 1.63. The van der Waals surface area contributed by atoms with Crippen LogP contribution in [-0.2, 0) is 13.0 Å². The van der Waals surface area contributed by atoms with E-state index in [0.29, 0.717) is 59.0 Å². The number of halogens is 1. The number of allylic oxidation sites excluding steroid dienone is 1. The van der Waals surface area contributed by atoms with Gasteiger partial charge in [-0.3, -0.25) is 4.79 Å². The number of nitrogens with zero attached hydrogens (tertiary/aromatic N) is 3. The van der Waals surface area contributed by atoms with Gasteiger partial charge in [-0.2, -0.15) is 9.78 Å². The molecule has 0 N–H and O–H groups in total. The molecular formula is C39H40FN3O4. The Labute approximate surface area is 275 Å². The zero-order chi connectivity index (χ0) is 33.5. The predicted octanol–water partition coefficient (Wildman–Crippen LogP) is 8.62. The Morgan fingerprint density at radius 3 is 2.45 bits per heavy atom. The summed E-state index contributed by atoms with van der Waals surface area (Å²) in [7, 11) is 0. The zero-order valence-corrected chi connectivity index (χ0v) is 27.5. The molecule has 1 aromatic heterocycles. The summed E-state index contributed by atoms with van der Waals surface area (Å²) in [6.45, 7) is 15.1. The number of ether oxygens (including phenoxy) is 3. The number of aromatic nitrogens is 2. The summed E-state index contributed by atoms with van der Waals surface area (Å²) in [5, 5.41) is 5.20. The van der Waals surface area contributed by atoms with Gasteiger partial charge in [-0.25, -0.2) is 9.37 Å². The summed E-state index contributed by atoms with van der Waals surface area (Å²) in [5.41, 5.74) is 5.24. The van der Waals surface area contributed by atoms with Crippen molar-refractivity contribution in [1.29, 1.82) is 0 Å². The van der Waals surface area contributed by atoms with Crippen LogP contribution in [0.25, 0.3) is 22.3 Å². The Morgan fingerprint density at radius 2 is 1.72 bits per heavy atom. The largest absolute Gasteiger partial charge is 0.494 e. The third-order valence-corrected chi connectivity index (χ3v) is 7.69. The molecule has 0 aliphatic carbocycles. The van der Waals surface area contributed by atoms with Gasteiger partial charge < -0.3 is 14.2 Å². The van der Waals surface area contributed by atoms with Gasteiger partial charge in [-0.15, -0.1) is 6.58 Å². The second-order valence-corrected chi connectivity index (χ2v) is 11.5. The van der Waals surface area contributed by atoms with E-state index in [0.717, 1.165) is 28.0 Å². The molecule has 7 nitrogen and oxygen atoms in total. The van der Waals surface area contributed by atoms with Crippen LogP contribution >= 0.6 is 0 Å². The summed E-state index contributed by atoms with van der Waals surface area (Å²) >= 11 is 0. The van der Waals surface area contributed by atoms with Crippen molar-refractivity contribution in [3.05, 3.63) is 129 Å². The van der Waals surface area contributed by atoms with Crippen molar-refractivity contribution in [2.75, 3.05) is 13.2 Å². The molecule has 0 saturated carbocycles. The van der Waals surface area contributed by atoms with E-state index in [1.54, 1.807) is 30.5 Å². The summed E-state index contributed by atoms with van der Waals surface area (Å²) in [6.07, 6.45) is 3.89. The Hall–Kier alpha value is -5.24. The molecule has 8 heteroatoms. The lowest BCUT2D eigenvalue weighted by Crippen LogP contribution is -2.21. The summed E-state index contributed by atoms with van der Waals surface area (Å²) in [6, 6.07) is 21.4. The normalized spacial score (nSPS) is 11.4. The molecular weight excluding hydrogens is 593 g/mol. The van der Waals surface area contributed by atoms with E-state index in [1.807, 2.05) is 63.2 Å². The van der Waals surface area contributed by atoms with Gasteiger partial charge >= 0.3 is 0 Å². The predicted molar refractivity (Wildman–Crippen MR) is 187 cm³/mol. The average molecular weight is 634 g/mol. The second-order valence-electron chi connectivity index (χ2n) is 11.5. The molecule has 0 atom stereocenters. The van der Waals surface area contributed by atoms with Crippen LogP contribution in [-0.4, -0.2) is 29.1 Å². The van der Waals surface area contributed by atoms with Crippen LogP contribution in [0.4, 0.5) is 4.39 Å². The lowest BCUT2D eigenvalue weighted by atomic mass is 9.96. The van der Waals surface area contributed by atoms with Crippen molar-refractivity contribution in [3.8, 4) is 28.6 Å². The molecule has 5 aromatic rings. The monoisotopic (exact) mass is 633 g/mol. The third kappa shape index (κ3) is 7.43. The quantitative estimate of drug-likeness (QED) is 0.0959. The molecule has 0 unspecified atom stereocenters. The molecule has 0 aliphatic heterocycles. The van der Waals surface area contributed by atoms with Crippen molar-refractivity contribution in [2.45, 2.75) is 53.6 Å². The number of fused-ring (bicyclic) bond motifs is 1. The molecule has 1 heterocycles. The van der Waals surface area contributed by atoms with Crippen LogP contribution in [0.5, 0.6) is 17.2 Å². The fourth-order valence-electron chi connectivity index (χ4n) is 5.47. The topological polar surface area (TPSA) is 74.9 Å². The molecule has 0 aliphatic rings. The van der Waals surface area contributed by atoms with Gasteiger partial charge in [0.2, 0.25) is 0 Å². The van der Waals surface area contributed by atoms with E-state index in [1.165, 1.54) is 16.8 Å². The molecule has 0 spiro atoms. The van der Waals surface area contributed by atoms with Crippen molar-refractivity contribution in [3.63, 3.8) is 0 Å². The molecule has 47 heavy (non-hydrogen) atoms. The van der Waals surface area contributed by atoms with E-state index < -0.39 is 0 Å². The Morgan fingerprint density at radius 1 is 0.957 bits per heavy atom. The number of hydrogen-bond donors (Lipinski definition) is 0. The first-order valence-electron chi connectivity index (χ1n) is 15.9. The van der Waals surface area contributed by atoms with Crippen molar-refractivity contribution in [2.24, 2.45) is 5.10 Å². The Kier molecular flexibility index (Phi) is 10.5. The Bertz CT molecular complexity index is 2000. The molecule has 0 saturated heterocycles. The van der Waals surface area contributed by atoms with Gasteiger partial charge in [0.15, 0.2) is 17.3 Å². The van der Waals surface area contributed by atoms with Crippen LogP contribution in [0.15, 0.2) is 95.3 Å². The number of rotatable bonds is 13. The highest BCUT2D eigenvalue weighted by Crippen LogP contribution is 2.36. The van der Waals surface area contributed by atoms with Crippen LogP contribution in [0.3, 0.4) is 0 Å². The highest BCUT2D eigenvalue weighted by atomic mass is 19.1. The summed E-state index contributed by atoms with van der Waals surface area (Å²) < 4.78 is 33.3.